The van der Waals surface area contributed by atoms with E-state index in [1.165, 1.54) is 10.4 Å². The second-order valence-electron chi connectivity index (χ2n) is 4.91. The van der Waals surface area contributed by atoms with Crippen LogP contribution in [0.25, 0.3) is 10.7 Å². The lowest BCUT2D eigenvalue weighted by Crippen LogP contribution is -2.49. The standard InChI is InChI=1S/C13H19N5S/c1-3-10-4-7-19-11(10)12-15-13(17-16-12)18-6-5-14-9(2)8-18/h4,7,9,14H,3,5-6,8H2,1-2H3,(H,15,16,17)/t9-/m1/s1. The van der Waals surface area contributed by atoms with Crippen molar-refractivity contribution in [2.75, 3.05) is 24.5 Å². The summed E-state index contributed by atoms with van der Waals surface area (Å²) in [5.41, 5.74) is 1.33. The molecule has 1 aliphatic rings. The van der Waals surface area contributed by atoms with Crippen LogP contribution in [0.4, 0.5) is 5.95 Å². The Labute approximate surface area is 117 Å². The van der Waals surface area contributed by atoms with Gasteiger partial charge in [-0.25, -0.2) is 0 Å². The predicted octanol–water partition coefficient (Wildman–Crippen LogP) is 1.89. The highest BCUT2D eigenvalue weighted by molar-refractivity contribution is 7.13. The van der Waals surface area contributed by atoms with Crippen molar-refractivity contribution in [3.05, 3.63) is 17.0 Å². The zero-order valence-electron chi connectivity index (χ0n) is 11.3. The van der Waals surface area contributed by atoms with Gasteiger partial charge >= 0.3 is 0 Å². The van der Waals surface area contributed by atoms with E-state index in [-0.39, 0.29) is 0 Å². The molecule has 1 fully saturated rings. The summed E-state index contributed by atoms with van der Waals surface area (Å²) in [4.78, 5) is 8.11. The van der Waals surface area contributed by atoms with Crippen LogP contribution in [0.2, 0.25) is 0 Å². The molecular weight excluding hydrogens is 258 g/mol. The summed E-state index contributed by atoms with van der Waals surface area (Å²) >= 11 is 1.72. The SMILES string of the molecule is CCc1ccsc1-c1nc(N2CCN[C@H](C)C2)n[nH]1. The van der Waals surface area contributed by atoms with E-state index in [4.69, 9.17) is 0 Å². The van der Waals surface area contributed by atoms with Crippen molar-refractivity contribution >= 4 is 17.3 Å². The van der Waals surface area contributed by atoms with Crippen molar-refractivity contribution in [1.29, 1.82) is 0 Å². The fourth-order valence-corrected chi connectivity index (χ4v) is 3.37. The molecule has 0 spiro atoms. The van der Waals surface area contributed by atoms with E-state index in [9.17, 15) is 0 Å². The average molecular weight is 277 g/mol. The number of aromatic amines is 1. The molecule has 19 heavy (non-hydrogen) atoms. The molecule has 0 aliphatic carbocycles. The number of thiophene rings is 1. The van der Waals surface area contributed by atoms with E-state index in [0.29, 0.717) is 6.04 Å². The summed E-state index contributed by atoms with van der Waals surface area (Å²) in [5, 5.41) is 13.0. The minimum absolute atomic E-state index is 0.489. The Morgan fingerprint density at radius 3 is 3.21 bits per heavy atom. The van der Waals surface area contributed by atoms with Crippen LogP contribution in [-0.4, -0.2) is 40.9 Å². The van der Waals surface area contributed by atoms with Crippen LogP contribution in [-0.2, 0) is 6.42 Å². The second-order valence-corrected chi connectivity index (χ2v) is 5.83. The zero-order chi connectivity index (χ0) is 13.2. The molecule has 2 aromatic heterocycles. The largest absolute Gasteiger partial charge is 0.337 e. The number of nitrogens with zero attached hydrogens (tertiary/aromatic N) is 3. The van der Waals surface area contributed by atoms with Crippen molar-refractivity contribution < 1.29 is 0 Å². The Morgan fingerprint density at radius 2 is 2.42 bits per heavy atom. The van der Waals surface area contributed by atoms with Crippen LogP contribution in [0.15, 0.2) is 11.4 Å². The Bertz CT molecular complexity index is 547. The van der Waals surface area contributed by atoms with Crippen LogP contribution in [0.5, 0.6) is 0 Å². The molecule has 1 saturated heterocycles. The Balaban J connectivity index is 1.83. The fraction of sp³-hybridized carbons (Fsp3) is 0.538. The highest BCUT2D eigenvalue weighted by Crippen LogP contribution is 2.28. The number of aryl methyl sites for hydroxylation is 1. The quantitative estimate of drug-likeness (QED) is 0.899. The van der Waals surface area contributed by atoms with Crippen molar-refractivity contribution in [3.8, 4) is 10.7 Å². The molecule has 0 radical (unpaired) electrons. The minimum Gasteiger partial charge on any atom is -0.337 e. The van der Waals surface area contributed by atoms with Crippen molar-refractivity contribution in [2.45, 2.75) is 26.3 Å². The molecule has 2 aromatic rings. The van der Waals surface area contributed by atoms with Crippen LogP contribution in [0.3, 0.4) is 0 Å². The van der Waals surface area contributed by atoms with Crippen molar-refractivity contribution in [2.24, 2.45) is 0 Å². The number of hydrogen-bond donors (Lipinski definition) is 2. The Hall–Kier alpha value is -1.40. The molecule has 0 saturated carbocycles. The summed E-state index contributed by atoms with van der Waals surface area (Å²) in [6.45, 7) is 7.27. The number of anilines is 1. The maximum Gasteiger partial charge on any atom is 0.245 e. The molecule has 0 bridgehead atoms. The number of piperazine rings is 1. The highest BCUT2D eigenvalue weighted by Gasteiger charge is 2.20. The number of aromatic nitrogens is 3. The van der Waals surface area contributed by atoms with E-state index in [1.807, 2.05) is 0 Å². The minimum atomic E-state index is 0.489. The Kier molecular flexibility index (Phi) is 3.52. The normalized spacial score (nSPS) is 19.9. The summed E-state index contributed by atoms with van der Waals surface area (Å²) in [6.07, 6.45) is 1.03. The van der Waals surface area contributed by atoms with Crippen molar-refractivity contribution in [3.63, 3.8) is 0 Å². The van der Waals surface area contributed by atoms with Gasteiger partial charge in [0.1, 0.15) is 0 Å². The van der Waals surface area contributed by atoms with Crippen LogP contribution in [0, 0.1) is 0 Å². The molecule has 3 rings (SSSR count). The number of hydrogen-bond acceptors (Lipinski definition) is 5. The lowest BCUT2D eigenvalue weighted by atomic mass is 10.2. The average Bonchev–Trinajstić information content (AvgIpc) is 3.07. The maximum atomic E-state index is 4.66. The van der Waals surface area contributed by atoms with Crippen LogP contribution >= 0.6 is 11.3 Å². The lowest BCUT2D eigenvalue weighted by Gasteiger charge is -2.30. The summed E-state index contributed by atoms with van der Waals surface area (Å²) in [6, 6.07) is 2.65. The van der Waals surface area contributed by atoms with Gasteiger partial charge in [-0.3, -0.25) is 5.10 Å². The smallest absolute Gasteiger partial charge is 0.245 e. The molecule has 5 nitrogen and oxygen atoms in total. The van der Waals surface area contributed by atoms with E-state index in [2.05, 4.69) is 50.7 Å². The van der Waals surface area contributed by atoms with E-state index in [0.717, 1.165) is 37.8 Å². The van der Waals surface area contributed by atoms with Gasteiger partial charge in [0.05, 0.1) is 4.88 Å². The third-order valence-electron chi connectivity index (χ3n) is 3.47. The third kappa shape index (κ3) is 2.50. The fourth-order valence-electron chi connectivity index (χ4n) is 2.43. The molecule has 2 N–H and O–H groups in total. The van der Waals surface area contributed by atoms with Gasteiger partial charge in [-0.2, -0.15) is 4.98 Å². The summed E-state index contributed by atoms with van der Waals surface area (Å²) < 4.78 is 0. The Morgan fingerprint density at radius 1 is 1.53 bits per heavy atom. The van der Waals surface area contributed by atoms with Gasteiger partial charge in [0, 0.05) is 25.7 Å². The molecule has 6 heteroatoms. The first-order valence-corrected chi connectivity index (χ1v) is 7.63. The highest BCUT2D eigenvalue weighted by atomic mass is 32.1. The summed E-state index contributed by atoms with van der Waals surface area (Å²) in [7, 11) is 0. The van der Waals surface area contributed by atoms with E-state index >= 15 is 0 Å². The van der Waals surface area contributed by atoms with Gasteiger partial charge in [0.25, 0.3) is 0 Å². The zero-order valence-corrected chi connectivity index (χ0v) is 12.1. The third-order valence-corrected chi connectivity index (χ3v) is 4.43. The molecule has 0 unspecified atom stereocenters. The first-order chi connectivity index (χ1) is 9.28. The van der Waals surface area contributed by atoms with Crippen LogP contribution in [0.1, 0.15) is 19.4 Å². The monoisotopic (exact) mass is 277 g/mol. The van der Waals surface area contributed by atoms with Gasteiger partial charge in [0.15, 0.2) is 5.82 Å². The first kappa shape index (κ1) is 12.6. The molecule has 0 amide bonds. The summed E-state index contributed by atoms with van der Waals surface area (Å²) in [5.74, 6) is 1.71. The molecule has 1 aliphatic heterocycles. The van der Waals surface area contributed by atoms with Crippen LogP contribution < -0.4 is 10.2 Å². The van der Waals surface area contributed by atoms with Gasteiger partial charge < -0.3 is 10.2 Å². The number of H-pyrrole nitrogens is 1. The molecule has 0 aromatic carbocycles. The molecule has 102 valence electrons. The van der Waals surface area contributed by atoms with Gasteiger partial charge in [-0.1, -0.05) is 6.92 Å². The van der Waals surface area contributed by atoms with E-state index < -0.39 is 0 Å². The molecule has 3 heterocycles. The first-order valence-electron chi connectivity index (χ1n) is 6.75. The lowest BCUT2D eigenvalue weighted by molar-refractivity contribution is 0.480. The van der Waals surface area contributed by atoms with Gasteiger partial charge in [-0.15, -0.1) is 16.4 Å². The number of rotatable bonds is 3. The van der Waals surface area contributed by atoms with Gasteiger partial charge in [-0.05, 0) is 30.4 Å². The predicted molar refractivity (Wildman–Crippen MR) is 78.8 cm³/mol. The van der Waals surface area contributed by atoms with Gasteiger partial charge in [0.2, 0.25) is 5.95 Å². The molecule has 1 atom stereocenters. The molecular formula is C13H19N5S. The van der Waals surface area contributed by atoms with Crippen molar-refractivity contribution in [1.82, 2.24) is 20.5 Å². The number of nitrogens with one attached hydrogen (secondary N) is 2. The topological polar surface area (TPSA) is 56.8 Å². The van der Waals surface area contributed by atoms with E-state index in [1.54, 1.807) is 11.3 Å². The maximum absolute atomic E-state index is 4.66. The second kappa shape index (κ2) is 5.30.